The maximum atomic E-state index is 12.0. The minimum absolute atomic E-state index is 0.113. The number of H-pyrrole nitrogens is 1. The first-order chi connectivity index (χ1) is 7.59. The summed E-state index contributed by atoms with van der Waals surface area (Å²) in [5.74, 6) is 0.561. The third-order valence-electron chi connectivity index (χ3n) is 3.23. The van der Waals surface area contributed by atoms with Crippen molar-refractivity contribution in [2.45, 2.75) is 52.0 Å². The van der Waals surface area contributed by atoms with Crippen LogP contribution in [-0.4, -0.2) is 9.78 Å². The van der Waals surface area contributed by atoms with Crippen molar-refractivity contribution < 1.29 is 0 Å². The molecule has 0 aliphatic heterocycles. The average Bonchev–Trinajstić information content (AvgIpc) is 2.81. The molecule has 0 radical (unpaired) electrons. The van der Waals surface area contributed by atoms with Gasteiger partial charge in [-0.1, -0.05) is 26.7 Å². The molecule has 0 unspecified atom stereocenters. The van der Waals surface area contributed by atoms with Gasteiger partial charge in [-0.3, -0.25) is 9.89 Å². The number of nitrogens with one attached hydrogen (secondary N) is 1. The van der Waals surface area contributed by atoms with Crippen molar-refractivity contribution in [1.29, 1.82) is 0 Å². The summed E-state index contributed by atoms with van der Waals surface area (Å²) in [6, 6.07) is 0.393. The molecule has 1 fully saturated rings. The molecule has 0 bridgehead atoms. The Hall–Kier alpha value is -0.510. The van der Waals surface area contributed by atoms with Crippen molar-refractivity contribution >= 4 is 15.9 Å². The molecule has 0 atom stereocenters. The minimum atomic E-state index is 0.113. The van der Waals surface area contributed by atoms with E-state index in [0.717, 1.165) is 29.4 Å². The normalized spacial score (nSPS) is 17.5. The SMILES string of the molecule is CC(C)Cc1[nH]n(C2CCCC2)c(=O)c1Br. The molecule has 3 nitrogen and oxygen atoms in total. The predicted molar refractivity (Wildman–Crippen MR) is 68.8 cm³/mol. The van der Waals surface area contributed by atoms with E-state index in [1.165, 1.54) is 12.8 Å². The van der Waals surface area contributed by atoms with Crippen molar-refractivity contribution in [2.75, 3.05) is 0 Å². The number of rotatable bonds is 3. The predicted octanol–water partition coefficient (Wildman–Crippen LogP) is 3.25. The molecule has 1 heterocycles. The largest absolute Gasteiger partial charge is 0.298 e. The summed E-state index contributed by atoms with van der Waals surface area (Å²) in [6.07, 6.45) is 5.68. The number of hydrogen-bond donors (Lipinski definition) is 1. The topological polar surface area (TPSA) is 37.8 Å². The van der Waals surface area contributed by atoms with E-state index < -0.39 is 0 Å². The molecule has 0 spiro atoms. The highest BCUT2D eigenvalue weighted by Gasteiger charge is 2.22. The molecular weight excluding hydrogens is 268 g/mol. The molecule has 1 saturated carbocycles. The van der Waals surface area contributed by atoms with Crippen molar-refractivity contribution in [3.8, 4) is 0 Å². The van der Waals surface area contributed by atoms with Gasteiger partial charge in [-0.25, -0.2) is 4.68 Å². The van der Waals surface area contributed by atoms with Crippen LogP contribution in [0.3, 0.4) is 0 Å². The van der Waals surface area contributed by atoms with E-state index in [4.69, 9.17) is 0 Å². The summed E-state index contributed by atoms with van der Waals surface area (Å²) in [5, 5.41) is 3.28. The van der Waals surface area contributed by atoms with Crippen molar-refractivity contribution in [1.82, 2.24) is 9.78 Å². The van der Waals surface area contributed by atoms with Gasteiger partial charge in [0, 0.05) is 0 Å². The highest BCUT2D eigenvalue weighted by molar-refractivity contribution is 9.10. The molecule has 0 amide bonds. The van der Waals surface area contributed by atoms with Crippen LogP contribution < -0.4 is 5.56 Å². The Morgan fingerprint density at radius 1 is 1.44 bits per heavy atom. The summed E-state index contributed by atoms with van der Waals surface area (Å²) < 4.78 is 2.56. The summed E-state index contributed by atoms with van der Waals surface area (Å²) in [5.41, 5.74) is 1.16. The van der Waals surface area contributed by atoms with Gasteiger partial charge in [0.2, 0.25) is 0 Å². The zero-order valence-corrected chi connectivity index (χ0v) is 11.5. The molecule has 90 valence electrons. The number of aromatic amines is 1. The van der Waals surface area contributed by atoms with Gasteiger partial charge in [0.1, 0.15) is 4.47 Å². The van der Waals surface area contributed by atoms with Gasteiger partial charge >= 0.3 is 0 Å². The first-order valence-electron chi connectivity index (χ1n) is 6.08. The van der Waals surface area contributed by atoms with Crippen LogP contribution in [0.2, 0.25) is 0 Å². The van der Waals surface area contributed by atoms with Gasteiger partial charge in [-0.05, 0) is 41.1 Å². The van der Waals surface area contributed by atoms with Crippen LogP contribution in [-0.2, 0) is 6.42 Å². The van der Waals surface area contributed by atoms with E-state index in [1.54, 1.807) is 0 Å². The Morgan fingerprint density at radius 3 is 2.62 bits per heavy atom. The Balaban J connectivity index is 2.29. The van der Waals surface area contributed by atoms with Crippen molar-refractivity contribution in [3.05, 3.63) is 20.5 Å². The van der Waals surface area contributed by atoms with E-state index in [9.17, 15) is 4.79 Å². The van der Waals surface area contributed by atoms with E-state index in [0.29, 0.717) is 12.0 Å². The molecule has 1 aliphatic rings. The van der Waals surface area contributed by atoms with Crippen LogP contribution in [0.5, 0.6) is 0 Å². The average molecular weight is 287 g/mol. The molecule has 0 saturated heterocycles. The maximum Gasteiger partial charge on any atom is 0.281 e. The molecule has 1 N–H and O–H groups in total. The second-order valence-electron chi connectivity index (χ2n) is 5.12. The first kappa shape index (κ1) is 12.0. The highest BCUT2D eigenvalue weighted by Crippen LogP contribution is 2.28. The second kappa shape index (κ2) is 4.78. The molecule has 0 aromatic carbocycles. The van der Waals surface area contributed by atoms with Gasteiger partial charge in [-0.15, -0.1) is 0 Å². The Bertz CT molecular complexity index is 413. The van der Waals surface area contributed by atoms with Crippen LogP contribution in [0.4, 0.5) is 0 Å². The zero-order chi connectivity index (χ0) is 11.7. The molecular formula is C12H19BrN2O. The van der Waals surface area contributed by atoms with Crippen LogP contribution in [0, 0.1) is 5.92 Å². The van der Waals surface area contributed by atoms with Crippen molar-refractivity contribution in [2.24, 2.45) is 5.92 Å². The monoisotopic (exact) mass is 286 g/mol. The standard InChI is InChI=1S/C12H19BrN2O/c1-8(2)7-10-11(13)12(16)15(14-10)9-5-3-4-6-9/h8-9,14H,3-7H2,1-2H3. The van der Waals surface area contributed by atoms with E-state index in [1.807, 2.05) is 4.68 Å². The van der Waals surface area contributed by atoms with E-state index in [2.05, 4.69) is 34.9 Å². The first-order valence-corrected chi connectivity index (χ1v) is 6.87. The summed E-state index contributed by atoms with van der Waals surface area (Å²) in [6.45, 7) is 4.33. The fraction of sp³-hybridized carbons (Fsp3) is 0.750. The minimum Gasteiger partial charge on any atom is -0.298 e. The summed E-state index contributed by atoms with van der Waals surface area (Å²) in [7, 11) is 0. The second-order valence-corrected chi connectivity index (χ2v) is 5.91. The molecule has 1 aliphatic carbocycles. The van der Waals surface area contributed by atoms with E-state index in [-0.39, 0.29) is 5.56 Å². The van der Waals surface area contributed by atoms with Gasteiger partial charge in [0.25, 0.3) is 5.56 Å². The van der Waals surface area contributed by atoms with E-state index >= 15 is 0 Å². The lowest BCUT2D eigenvalue weighted by molar-refractivity contribution is 0.448. The van der Waals surface area contributed by atoms with Gasteiger partial charge in [0.15, 0.2) is 0 Å². The number of nitrogens with zero attached hydrogens (tertiary/aromatic N) is 1. The lowest BCUT2D eigenvalue weighted by atomic mass is 10.1. The fourth-order valence-electron chi connectivity index (χ4n) is 2.44. The van der Waals surface area contributed by atoms with Crippen LogP contribution in [0.25, 0.3) is 0 Å². The maximum absolute atomic E-state index is 12.0. The number of hydrogen-bond acceptors (Lipinski definition) is 1. The Kier molecular flexibility index (Phi) is 3.57. The molecule has 1 aromatic heterocycles. The summed E-state index contributed by atoms with van der Waals surface area (Å²) in [4.78, 5) is 12.0. The molecule has 4 heteroatoms. The quantitative estimate of drug-likeness (QED) is 0.910. The molecule has 16 heavy (non-hydrogen) atoms. The summed E-state index contributed by atoms with van der Waals surface area (Å²) >= 11 is 3.41. The van der Waals surface area contributed by atoms with Crippen molar-refractivity contribution in [3.63, 3.8) is 0 Å². The zero-order valence-electron chi connectivity index (χ0n) is 9.92. The lowest BCUT2D eigenvalue weighted by Crippen LogP contribution is -2.20. The Morgan fingerprint density at radius 2 is 2.06 bits per heavy atom. The lowest BCUT2D eigenvalue weighted by Gasteiger charge is -2.09. The fourth-order valence-corrected chi connectivity index (χ4v) is 2.88. The third kappa shape index (κ3) is 2.26. The van der Waals surface area contributed by atoms with Gasteiger partial charge in [-0.2, -0.15) is 0 Å². The number of aromatic nitrogens is 2. The number of halogens is 1. The Labute approximate surface area is 104 Å². The molecule has 2 rings (SSSR count). The van der Waals surface area contributed by atoms with Crippen LogP contribution in [0.15, 0.2) is 9.27 Å². The third-order valence-corrected chi connectivity index (χ3v) is 4.05. The molecule has 1 aromatic rings. The van der Waals surface area contributed by atoms with Gasteiger partial charge < -0.3 is 0 Å². The highest BCUT2D eigenvalue weighted by atomic mass is 79.9. The van der Waals surface area contributed by atoms with Crippen LogP contribution >= 0.6 is 15.9 Å². The smallest absolute Gasteiger partial charge is 0.281 e. The van der Waals surface area contributed by atoms with Crippen LogP contribution in [0.1, 0.15) is 51.3 Å². The van der Waals surface area contributed by atoms with Gasteiger partial charge in [0.05, 0.1) is 11.7 Å².